The van der Waals surface area contributed by atoms with Gasteiger partial charge < -0.3 is 9.73 Å². The molecule has 0 radical (unpaired) electrons. The van der Waals surface area contributed by atoms with E-state index in [4.69, 9.17) is 4.42 Å². The molecule has 1 aliphatic heterocycles. The van der Waals surface area contributed by atoms with Crippen LogP contribution in [0.5, 0.6) is 0 Å². The average Bonchev–Trinajstić information content (AvgIpc) is 3.15. The zero-order valence-electron chi connectivity index (χ0n) is 17.2. The van der Waals surface area contributed by atoms with Crippen molar-refractivity contribution >= 4 is 26.9 Å². The summed E-state index contributed by atoms with van der Waals surface area (Å²) in [5.74, 6) is 0.496. The molecular weight excluding hydrogens is 400 g/mol. The first-order chi connectivity index (χ1) is 14.3. The summed E-state index contributed by atoms with van der Waals surface area (Å²) in [7, 11) is -3.59. The van der Waals surface area contributed by atoms with Crippen LogP contribution in [-0.4, -0.2) is 31.7 Å². The van der Waals surface area contributed by atoms with E-state index in [1.807, 2.05) is 30.3 Å². The molecule has 30 heavy (non-hydrogen) atoms. The van der Waals surface area contributed by atoms with Crippen molar-refractivity contribution in [2.24, 2.45) is 11.8 Å². The zero-order chi connectivity index (χ0) is 21.3. The fourth-order valence-electron chi connectivity index (χ4n) is 4.11. The maximum absolute atomic E-state index is 13.1. The van der Waals surface area contributed by atoms with E-state index in [0.717, 1.165) is 12.0 Å². The first-order valence-electron chi connectivity index (χ1n) is 10.2. The second kappa shape index (κ2) is 8.24. The van der Waals surface area contributed by atoms with Gasteiger partial charge in [0.25, 0.3) is 5.91 Å². The third-order valence-corrected chi connectivity index (χ3v) is 7.31. The SMILES string of the molecule is CC1CC(C)CN(S(=O)(=O)c2ccc3oc(C(=O)NCc4ccccc4)cc3c2)C1. The molecule has 2 atom stereocenters. The van der Waals surface area contributed by atoms with Crippen molar-refractivity contribution in [1.82, 2.24) is 9.62 Å². The number of fused-ring (bicyclic) bond motifs is 1. The number of piperidine rings is 1. The zero-order valence-corrected chi connectivity index (χ0v) is 18.0. The lowest BCUT2D eigenvalue weighted by molar-refractivity contribution is 0.0925. The van der Waals surface area contributed by atoms with E-state index in [9.17, 15) is 13.2 Å². The van der Waals surface area contributed by atoms with Crippen molar-refractivity contribution < 1.29 is 17.6 Å². The Labute approximate surface area is 176 Å². The molecule has 1 fully saturated rings. The summed E-state index contributed by atoms with van der Waals surface area (Å²) in [5, 5.41) is 3.42. The molecule has 0 aliphatic carbocycles. The maximum atomic E-state index is 13.1. The highest BCUT2D eigenvalue weighted by molar-refractivity contribution is 7.89. The van der Waals surface area contributed by atoms with Crippen LogP contribution in [0.25, 0.3) is 11.0 Å². The number of rotatable bonds is 5. The molecular formula is C23H26N2O4S. The maximum Gasteiger partial charge on any atom is 0.287 e. The Morgan fingerprint density at radius 2 is 1.77 bits per heavy atom. The van der Waals surface area contributed by atoms with Gasteiger partial charge in [0, 0.05) is 25.0 Å². The summed E-state index contributed by atoms with van der Waals surface area (Å²) in [6.07, 6.45) is 1.04. The Morgan fingerprint density at radius 1 is 1.07 bits per heavy atom. The third kappa shape index (κ3) is 4.27. The molecule has 1 saturated heterocycles. The number of benzene rings is 2. The van der Waals surface area contributed by atoms with Gasteiger partial charge in [0.2, 0.25) is 10.0 Å². The predicted molar refractivity (Wildman–Crippen MR) is 116 cm³/mol. The van der Waals surface area contributed by atoms with Crippen molar-refractivity contribution in [3.05, 3.63) is 65.9 Å². The molecule has 6 nitrogen and oxygen atoms in total. The van der Waals surface area contributed by atoms with E-state index >= 15 is 0 Å². The largest absolute Gasteiger partial charge is 0.451 e. The van der Waals surface area contributed by atoms with Gasteiger partial charge in [-0.1, -0.05) is 44.2 Å². The number of nitrogens with one attached hydrogen (secondary N) is 1. The van der Waals surface area contributed by atoms with Crippen LogP contribution in [-0.2, 0) is 16.6 Å². The quantitative estimate of drug-likeness (QED) is 0.668. The van der Waals surface area contributed by atoms with Gasteiger partial charge in [0.15, 0.2) is 5.76 Å². The smallest absolute Gasteiger partial charge is 0.287 e. The molecule has 158 valence electrons. The van der Waals surface area contributed by atoms with E-state index in [0.29, 0.717) is 42.4 Å². The molecule has 7 heteroatoms. The van der Waals surface area contributed by atoms with Gasteiger partial charge in [-0.25, -0.2) is 8.42 Å². The van der Waals surface area contributed by atoms with Crippen LogP contribution in [0.4, 0.5) is 0 Å². The summed E-state index contributed by atoms with van der Waals surface area (Å²) in [4.78, 5) is 12.7. The molecule has 0 spiro atoms. The van der Waals surface area contributed by atoms with Crippen LogP contribution in [0, 0.1) is 11.8 Å². The molecule has 1 amide bonds. The predicted octanol–water partition coefficient (Wildman–Crippen LogP) is 4.03. The molecule has 2 aromatic carbocycles. The second-order valence-electron chi connectivity index (χ2n) is 8.25. The molecule has 0 saturated carbocycles. The minimum atomic E-state index is -3.59. The highest BCUT2D eigenvalue weighted by Crippen LogP contribution is 2.29. The van der Waals surface area contributed by atoms with E-state index in [1.165, 1.54) is 0 Å². The van der Waals surface area contributed by atoms with Gasteiger partial charge in [-0.2, -0.15) is 4.31 Å². The number of nitrogens with zero attached hydrogens (tertiary/aromatic N) is 1. The van der Waals surface area contributed by atoms with Crippen LogP contribution in [0.2, 0.25) is 0 Å². The van der Waals surface area contributed by atoms with Gasteiger partial charge in [0.05, 0.1) is 4.90 Å². The van der Waals surface area contributed by atoms with Crippen molar-refractivity contribution in [3.8, 4) is 0 Å². The number of hydrogen-bond donors (Lipinski definition) is 1. The van der Waals surface area contributed by atoms with Crippen molar-refractivity contribution in [3.63, 3.8) is 0 Å². The number of furan rings is 1. The lowest BCUT2D eigenvalue weighted by Crippen LogP contribution is -2.42. The van der Waals surface area contributed by atoms with Crippen molar-refractivity contribution in [2.45, 2.75) is 31.7 Å². The van der Waals surface area contributed by atoms with Crippen LogP contribution >= 0.6 is 0 Å². The molecule has 2 heterocycles. The standard InChI is InChI=1S/C23H26N2O4S/c1-16-10-17(2)15-25(14-16)30(27,28)20-8-9-21-19(11-20)12-22(29-21)23(26)24-13-18-6-4-3-5-7-18/h3-9,11-12,16-17H,10,13-15H2,1-2H3,(H,24,26). The van der Waals surface area contributed by atoms with Gasteiger partial charge in [0.1, 0.15) is 5.58 Å². The number of sulfonamides is 1. The van der Waals surface area contributed by atoms with Crippen molar-refractivity contribution in [2.75, 3.05) is 13.1 Å². The highest BCUT2D eigenvalue weighted by Gasteiger charge is 2.32. The van der Waals surface area contributed by atoms with Gasteiger partial charge >= 0.3 is 0 Å². The normalized spacial score (nSPS) is 20.3. The second-order valence-corrected chi connectivity index (χ2v) is 10.2. The van der Waals surface area contributed by atoms with E-state index in [2.05, 4.69) is 19.2 Å². The highest BCUT2D eigenvalue weighted by atomic mass is 32.2. The minimum Gasteiger partial charge on any atom is -0.451 e. The third-order valence-electron chi connectivity index (χ3n) is 5.48. The first kappa shape index (κ1) is 20.6. The lowest BCUT2D eigenvalue weighted by atomic mass is 9.94. The number of carbonyl (C=O) groups is 1. The fourth-order valence-corrected chi connectivity index (χ4v) is 5.83. The number of carbonyl (C=O) groups excluding carboxylic acids is 1. The molecule has 1 N–H and O–H groups in total. The van der Waals surface area contributed by atoms with E-state index in [1.54, 1.807) is 28.6 Å². The molecule has 4 rings (SSSR count). The molecule has 0 bridgehead atoms. The Bertz CT molecular complexity index is 1140. The molecule has 3 aromatic rings. The van der Waals surface area contributed by atoms with E-state index < -0.39 is 10.0 Å². The Balaban J connectivity index is 1.54. The summed E-state index contributed by atoms with van der Waals surface area (Å²) < 4.78 is 33.5. The Kier molecular flexibility index (Phi) is 5.66. The monoisotopic (exact) mass is 426 g/mol. The lowest BCUT2D eigenvalue weighted by Gasteiger charge is -2.34. The van der Waals surface area contributed by atoms with Crippen LogP contribution in [0.1, 0.15) is 36.4 Å². The number of amides is 1. The van der Waals surface area contributed by atoms with Crippen LogP contribution in [0.3, 0.4) is 0 Å². The summed E-state index contributed by atoms with van der Waals surface area (Å²) in [6, 6.07) is 16.0. The van der Waals surface area contributed by atoms with Crippen LogP contribution < -0.4 is 5.32 Å². The van der Waals surface area contributed by atoms with Gasteiger partial charge in [-0.3, -0.25) is 4.79 Å². The average molecular weight is 427 g/mol. The topological polar surface area (TPSA) is 79.6 Å². The van der Waals surface area contributed by atoms with Gasteiger partial charge in [-0.05, 0) is 48.1 Å². The summed E-state index contributed by atoms with van der Waals surface area (Å²) in [6.45, 7) is 5.61. The molecule has 1 aliphatic rings. The van der Waals surface area contributed by atoms with E-state index in [-0.39, 0.29) is 16.6 Å². The van der Waals surface area contributed by atoms with Crippen LogP contribution in [0.15, 0.2) is 63.9 Å². The summed E-state index contributed by atoms with van der Waals surface area (Å²) >= 11 is 0. The Morgan fingerprint density at radius 3 is 2.47 bits per heavy atom. The summed E-state index contributed by atoms with van der Waals surface area (Å²) in [5.41, 5.74) is 1.47. The van der Waals surface area contributed by atoms with Crippen molar-refractivity contribution in [1.29, 1.82) is 0 Å². The fraction of sp³-hybridized carbons (Fsp3) is 0.348. The molecule has 2 unspecified atom stereocenters. The minimum absolute atomic E-state index is 0.163. The first-order valence-corrected chi connectivity index (χ1v) is 11.6. The molecule has 1 aromatic heterocycles. The van der Waals surface area contributed by atoms with Gasteiger partial charge in [-0.15, -0.1) is 0 Å². The Hall–Kier alpha value is -2.64. The number of hydrogen-bond acceptors (Lipinski definition) is 4.